The van der Waals surface area contributed by atoms with Gasteiger partial charge in [0.05, 0.1) is 10.4 Å². The lowest BCUT2D eigenvalue weighted by atomic mass is 10.2. The number of carboxylic acid groups (broad SMARTS) is 1. The highest BCUT2D eigenvalue weighted by atomic mass is 35.5. The van der Waals surface area contributed by atoms with Crippen LogP contribution < -0.4 is 10.3 Å². The van der Waals surface area contributed by atoms with Crippen LogP contribution >= 0.6 is 11.6 Å². The van der Waals surface area contributed by atoms with Gasteiger partial charge in [0, 0.05) is 38.9 Å². The maximum absolute atomic E-state index is 12.4. The Hall–Kier alpha value is -2.12. The van der Waals surface area contributed by atoms with Crippen molar-refractivity contribution in [2.24, 2.45) is 0 Å². The van der Waals surface area contributed by atoms with Crippen LogP contribution in [0.1, 0.15) is 17.3 Å². The average Bonchev–Trinajstić information content (AvgIpc) is 2.56. The van der Waals surface area contributed by atoms with Gasteiger partial charge in [-0.15, -0.1) is 0 Å². The minimum Gasteiger partial charge on any atom is -0.477 e. The molecule has 0 spiro atoms. The van der Waals surface area contributed by atoms with Crippen molar-refractivity contribution >= 4 is 34.4 Å². The lowest BCUT2D eigenvalue weighted by molar-refractivity contribution is 0.0695. The number of piperazine rings is 1. The van der Waals surface area contributed by atoms with Gasteiger partial charge in [-0.3, -0.25) is 4.79 Å². The van der Waals surface area contributed by atoms with E-state index in [2.05, 4.69) is 21.8 Å². The number of halogens is 1. The monoisotopic (exact) mass is 350 g/mol. The number of aromatic nitrogens is 2. The van der Waals surface area contributed by atoms with Crippen LogP contribution in [0.25, 0.3) is 11.0 Å². The molecular formula is C16H19ClN4O3. The van der Waals surface area contributed by atoms with E-state index in [0.29, 0.717) is 23.0 Å². The van der Waals surface area contributed by atoms with Crippen LogP contribution in [0.2, 0.25) is 5.02 Å². The molecule has 128 valence electrons. The number of carboxylic acids is 1. The van der Waals surface area contributed by atoms with Crippen molar-refractivity contribution in [3.63, 3.8) is 0 Å². The summed E-state index contributed by atoms with van der Waals surface area (Å²) in [7, 11) is 2.06. The molecule has 0 aromatic carbocycles. The number of fused-ring (bicyclic) bond motifs is 1. The molecule has 0 radical (unpaired) electrons. The van der Waals surface area contributed by atoms with Crippen LogP contribution in [0, 0.1) is 0 Å². The van der Waals surface area contributed by atoms with E-state index < -0.39 is 11.4 Å². The Morgan fingerprint density at radius 2 is 2.00 bits per heavy atom. The fourth-order valence-corrected chi connectivity index (χ4v) is 3.18. The molecule has 0 aliphatic carbocycles. The Labute approximate surface area is 144 Å². The first kappa shape index (κ1) is 16.7. The van der Waals surface area contributed by atoms with Crippen molar-refractivity contribution < 1.29 is 9.90 Å². The van der Waals surface area contributed by atoms with Crippen molar-refractivity contribution in [3.05, 3.63) is 33.1 Å². The molecule has 0 saturated carbocycles. The van der Waals surface area contributed by atoms with Crippen LogP contribution in [-0.4, -0.2) is 58.8 Å². The fraction of sp³-hybridized carbons (Fsp3) is 0.438. The second-order valence-electron chi connectivity index (χ2n) is 5.92. The molecule has 1 N–H and O–H groups in total. The summed E-state index contributed by atoms with van der Waals surface area (Å²) in [4.78, 5) is 32.6. The van der Waals surface area contributed by atoms with Gasteiger partial charge in [-0.25, -0.2) is 9.78 Å². The normalized spacial score (nSPS) is 15.9. The Bertz CT molecular complexity index is 857. The standard InChI is InChI=1S/C16H19ClN4O3/c1-3-20-9-11(16(23)24)13(22)10-8-12(17)15(18-14(10)20)21-6-4-19(2)5-7-21/h8-9H,3-7H2,1-2H3,(H,23,24). The first-order chi connectivity index (χ1) is 11.4. The molecule has 1 aliphatic heterocycles. The first-order valence-corrected chi connectivity index (χ1v) is 8.20. The zero-order valence-electron chi connectivity index (χ0n) is 13.6. The second kappa shape index (κ2) is 6.41. The third-order valence-electron chi connectivity index (χ3n) is 4.36. The lowest BCUT2D eigenvalue weighted by Gasteiger charge is -2.33. The summed E-state index contributed by atoms with van der Waals surface area (Å²) in [5, 5.41) is 9.82. The molecule has 3 rings (SSSR count). The van der Waals surface area contributed by atoms with Gasteiger partial charge in [0.2, 0.25) is 5.43 Å². The highest BCUT2D eigenvalue weighted by Crippen LogP contribution is 2.27. The average molecular weight is 351 g/mol. The minimum absolute atomic E-state index is 0.236. The fourth-order valence-electron chi connectivity index (χ4n) is 2.91. The van der Waals surface area contributed by atoms with Crippen molar-refractivity contribution in [2.75, 3.05) is 38.1 Å². The number of nitrogens with zero attached hydrogens (tertiary/aromatic N) is 4. The van der Waals surface area contributed by atoms with Crippen molar-refractivity contribution in [3.8, 4) is 0 Å². The summed E-state index contributed by atoms with van der Waals surface area (Å²) in [6.45, 7) is 5.81. The van der Waals surface area contributed by atoms with E-state index in [-0.39, 0.29) is 10.9 Å². The van der Waals surface area contributed by atoms with Gasteiger partial charge < -0.3 is 19.5 Å². The predicted octanol–water partition coefficient (Wildman–Crippen LogP) is 1.52. The molecule has 1 aliphatic rings. The van der Waals surface area contributed by atoms with E-state index in [1.165, 1.54) is 6.20 Å². The molecule has 0 bridgehead atoms. The zero-order chi connectivity index (χ0) is 17.4. The van der Waals surface area contributed by atoms with E-state index in [0.717, 1.165) is 26.2 Å². The number of rotatable bonds is 3. The third kappa shape index (κ3) is 2.85. The van der Waals surface area contributed by atoms with E-state index >= 15 is 0 Å². The van der Waals surface area contributed by atoms with Gasteiger partial charge in [-0.2, -0.15) is 0 Å². The molecule has 24 heavy (non-hydrogen) atoms. The number of carbonyl (C=O) groups is 1. The summed E-state index contributed by atoms with van der Waals surface area (Å²) in [6.07, 6.45) is 1.35. The number of pyridine rings is 2. The minimum atomic E-state index is -1.25. The molecule has 0 unspecified atom stereocenters. The molecule has 8 heteroatoms. The van der Waals surface area contributed by atoms with E-state index in [9.17, 15) is 14.7 Å². The highest BCUT2D eigenvalue weighted by Gasteiger charge is 2.21. The molecule has 1 fully saturated rings. The van der Waals surface area contributed by atoms with Crippen LogP contribution in [0.4, 0.5) is 5.82 Å². The Morgan fingerprint density at radius 3 is 2.58 bits per heavy atom. The molecule has 0 amide bonds. The maximum atomic E-state index is 12.4. The Morgan fingerprint density at radius 1 is 1.33 bits per heavy atom. The van der Waals surface area contributed by atoms with Gasteiger partial charge in [-0.05, 0) is 20.0 Å². The number of hydrogen-bond acceptors (Lipinski definition) is 5. The maximum Gasteiger partial charge on any atom is 0.341 e. The van der Waals surface area contributed by atoms with Crippen molar-refractivity contribution in [2.45, 2.75) is 13.5 Å². The largest absolute Gasteiger partial charge is 0.477 e. The highest BCUT2D eigenvalue weighted by molar-refractivity contribution is 6.33. The summed E-state index contributed by atoms with van der Waals surface area (Å²) in [5.74, 6) is -0.606. The summed E-state index contributed by atoms with van der Waals surface area (Å²) in [5.41, 5.74) is -0.359. The van der Waals surface area contributed by atoms with Crippen LogP contribution in [0.3, 0.4) is 0 Å². The molecule has 2 aromatic rings. The SMILES string of the molecule is CCn1cc(C(=O)O)c(=O)c2cc(Cl)c(N3CCN(C)CC3)nc21. The number of aryl methyl sites for hydroxylation is 1. The number of aromatic carboxylic acids is 1. The van der Waals surface area contributed by atoms with Crippen LogP contribution in [0.15, 0.2) is 17.1 Å². The van der Waals surface area contributed by atoms with Gasteiger partial charge in [0.1, 0.15) is 17.0 Å². The van der Waals surface area contributed by atoms with Gasteiger partial charge in [0.15, 0.2) is 0 Å². The van der Waals surface area contributed by atoms with Gasteiger partial charge >= 0.3 is 5.97 Å². The number of anilines is 1. The summed E-state index contributed by atoms with van der Waals surface area (Å²) >= 11 is 6.36. The quantitative estimate of drug-likeness (QED) is 0.904. The summed E-state index contributed by atoms with van der Waals surface area (Å²) < 4.78 is 1.68. The smallest absolute Gasteiger partial charge is 0.341 e. The molecule has 7 nitrogen and oxygen atoms in total. The van der Waals surface area contributed by atoms with E-state index in [1.807, 2.05) is 6.92 Å². The van der Waals surface area contributed by atoms with Crippen LogP contribution in [0.5, 0.6) is 0 Å². The van der Waals surface area contributed by atoms with Crippen molar-refractivity contribution in [1.82, 2.24) is 14.5 Å². The lowest BCUT2D eigenvalue weighted by Crippen LogP contribution is -2.45. The predicted molar refractivity (Wildman–Crippen MR) is 93.4 cm³/mol. The molecule has 2 aromatic heterocycles. The second-order valence-corrected chi connectivity index (χ2v) is 6.33. The van der Waals surface area contributed by atoms with E-state index in [4.69, 9.17) is 11.6 Å². The van der Waals surface area contributed by atoms with Crippen LogP contribution in [-0.2, 0) is 6.54 Å². The summed E-state index contributed by atoms with van der Waals surface area (Å²) in [6, 6.07) is 1.54. The van der Waals surface area contributed by atoms with Gasteiger partial charge in [0.25, 0.3) is 0 Å². The Balaban J connectivity index is 2.18. The third-order valence-corrected chi connectivity index (χ3v) is 4.64. The topological polar surface area (TPSA) is 78.7 Å². The molecule has 1 saturated heterocycles. The number of likely N-dealkylation sites (N-methyl/N-ethyl adjacent to an activating group) is 1. The van der Waals surface area contributed by atoms with Crippen molar-refractivity contribution in [1.29, 1.82) is 0 Å². The van der Waals surface area contributed by atoms with Gasteiger partial charge in [-0.1, -0.05) is 11.6 Å². The molecule has 3 heterocycles. The number of hydrogen-bond donors (Lipinski definition) is 1. The first-order valence-electron chi connectivity index (χ1n) is 7.82. The zero-order valence-corrected chi connectivity index (χ0v) is 14.4. The molecular weight excluding hydrogens is 332 g/mol. The molecule has 0 atom stereocenters. The van der Waals surface area contributed by atoms with E-state index in [1.54, 1.807) is 10.6 Å². The Kier molecular flexibility index (Phi) is 4.47.